The maximum atomic E-state index is 11.7. The zero-order valence-corrected chi connectivity index (χ0v) is 16.1. The molecule has 2 rings (SSSR count). The predicted molar refractivity (Wildman–Crippen MR) is 107 cm³/mol. The number of benzene rings is 2. The van der Waals surface area contributed by atoms with Gasteiger partial charge in [0.2, 0.25) is 5.91 Å². The summed E-state index contributed by atoms with van der Waals surface area (Å²) in [6.07, 6.45) is 0.160. The molecule has 0 saturated carbocycles. The number of carbonyl (C=O) groups excluding carboxylic acids is 2. The van der Waals surface area contributed by atoms with Crippen LogP contribution < -0.4 is 10.5 Å². The molecule has 0 fully saturated rings. The Bertz CT molecular complexity index is 817. The smallest absolute Gasteiger partial charge is 0.307 e. The van der Waals surface area contributed by atoms with Crippen LogP contribution in [0.2, 0.25) is 0 Å². The summed E-state index contributed by atoms with van der Waals surface area (Å²) < 4.78 is 10.3. The Morgan fingerprint density at radius 3 is 2.07 bits per heavy atom. The summed E-state index contributed by atoms with van der Waals surface area (Å²) in [5.74, 6) is 0.276. The Hall–Kier alpha value is -3.35. The molecule has 2 aromatic carbocycles. The number of hydrogen-bond acceptors (Lipinski definition) is 5. The predicted octanol–water partition coefficient (Wildman–Crippen LogP) is 2.43. The maximum absolute atomic E-state index is 11.7. The molecule has 0 radical (unpaired) electrons. The van der Waals surface area contributed by atoms with E-state index >= 15 is 0 Å². The Kier molecular flexibility index (Phi) is 7.56. The lowest BCUT2D eigenvalue weighted by Gasteiger charge is -2.20. The van der Waals surface area contributed by atoms with Gasteiger partial charge in [0.05, 0.1) is 20.1 Å². The average molecular weight is 383 g/mol. The third-order valence-corrected chi connectivity index (χ3v) is 4.27. The highest BCUT2D eigenvalue weighted by atomic mass is 16.5. The van der Waals surface area contributed by atoms with Gasteiger partial charge in [-0.05, 0) is 23.3 Å². The second-order valence-corrected chi connectivity index (χ2v) is 6.20. The first-order valence-corrected chi connectivity index (χ1v) is 8.90. The molecule has 0 aliphatic carbocycles. The number of amidine groups is 1. The minimum atomic E-state index is -0.348. The topological polar surface area (TPSA) is 106 Å². The normalized spacial score (nSPS) is 10.2. The summed E-state index contributed by atoms with van der Waals surface area (Å²) in [7, 11) is 1.32. The van der Waals surface area contributed by atoms with Crippen molar-refractivity contribution < 1.29 is 19.1 Å². The van der Waals surface area contributed by atoms with Crippen LogP contribution in [0.1, 0.15) is 18.9 Å². The first kappa shape index (κ1) is 21.0. The number of nitrogen functional groups attached to an aromatic ring is 1. The van der Waals surface area contributed by atoms with Gasteiger partial charge in [-0.1, -0.05) is 36.4 Å². The number of amides is 1. The molecule has 0 bridgehead atoms. The van der Waals surface area contributed by atoms with Crippen LogP contribution in [-0.4, -0.2) is 49.4 Å². The molecular weight excluding hydrogens is 358 g/mol. The van der Waals surface area contributed by atoms with E-state index < -0.39 is 0 Å². The number of nitrogens with two attached hydrogens (primary N) is 1. The second kappa shape index (κ2) is 10.1. The van der Waals surface area contributed by atoms with Crippen molar-refractivity contribution in [3.05, 3.63) is 54.1 Å². The number of carbonyl (C=O) groups is 2. The summed E-state index contributed by atoms with van der Waals surface area (Å²) in [5.41, 5.74) is 8.19. The van der Waals surface area contributed by atoms with Gasteiger partial charge in [-0.25, -0.2) is 0 Å². The van der Waals surface area contributed by atoms with Crippen molar-refractivity contribution >= 4 is 17.7 Å². The van der Waals surface area contributed by atoms with E-state index in [1.807, 2.05) is 48.5 Å². The van der Waals surface area contributed by atoms with Gasteiger partial charge in [0.1, 0.15) is 18.2 Å². The Morgan fingerprint density at radius 2 is 1.57 bits per heavy atom. The third kappa shape index (κ3) is 6.12. The molecule has 0 spiro atoms. The molecule has 148 valence electrons. The van der Waals surface area contributed by atoms with Crippen molar-refractivity contribution in [2.75, 3.05) is 26.8 Å². The molecule has 7 heteroatoms. The fourth-order valence-electron chi connectivity index (χ4n) is 2.61. The fraction of sp³-hybridized carbons (Fsp3) is 0.286. The van der Waals surface area contributed by atoms with Gasteiger partial charge in [-0.15, -0.1) is 0 Å². The van der Waals surface area contributed by atoms with Crippen molar-refractivity contribution in [3.63, 3.8) is 0 Å². The molecule has 1 amide bonds. The summed E-state index contributed by atoms with van der Waals surface area (Å²) in [6.45, 7) is 2.48. The molecule has 0 aromatic heterocycles. The quantitative estimate of drug-likeness (QED) is 0.393. The number of rotatable bonds is 9. The molecule has 0 aliphatic heterocycles. The van der Waals surface area contributed by atoms with Crippen LogP contribution in [0.5, 0.6) is 5.75 Å². The largest absolute Gasteiger partial charge is 0.492 e. The molecule has 7 nitrogen and oxygen atoms in total. The van der Waals surface area contributed by atoms with Gasteiger partial charge in [0.25, 0.3) is 0 Å². The molecule has 0 atom stereocenters. The van der Waals surface area contributed by atoms with Crippen LogP contribution in [0.25, 0.3) is 11.1 Å². The zero-order valence-electron chi connectivity index (χ0n) is 16.1. The monoisotopic (exact) mass is 383 g/mol. The van der Waals surface area contributed by atoms with E-state index in [0.29, 0.717) is 31.0 Å². The first-order chi connectivity index (χ1) is 13.4. The van der Waals surface area contributed by atoms with E-state index in [0.717, 1.165) is 11.1 Å². The molecule has 0 unspecified atom stereocenters. The Balaban J connectivity index is 1.88. The van der Waals surface area contributed by atoms with Crippen LogP contribution in [0.4, 0.5) is 0 Å². The van der Waals surface area contributed by atoms with E-state index in [9.17, 15) is 9.59 Å². The maximum Gasteiger partial charge on any atom is 0.307 e. The highest BCUT2D eigenvalue weighted by Gasteiger charge is 2.11. The van der Waals surface area contributed by atoms with Gasteiger partial charge < -0.3 is 20.1 Å². The van der Waals surface area contributed by atoms with Gasteiger partial charge >= 0.3 is 5.97 Å². The van der Waals surface area contributed by atoms with E-state index in [2.05, 4.69) is 4.74 Å². The summed E-state index contributed by atoms with van der Waals surface area (Å²) in [5, 5.41) is 7.43. The van der Waals surface area contributed by atoms with Crippen molar-refractivity contribution in [2.45, 2.75) is 13.3 Å². The molecule has 0 heterocycles. The zero-order chi connectivity index (χ0) is 20.5. The van der Waals surface area contributed by atoms with Crippen molar-refractivity contribution in [1.82, 2.24) is 4.90 Å². The van der Waals surface area contributed by atoms with E-state index in [4.69, 9.17) is 15.9 Å². The number of esters is 1. The van der Waals surface area contributed by atoms with Crippen LogP contribution in [0, 0.1) is 5.41 Å². The number of nitrogens with one attached hydrogen (secondary N) is 1. The van der Waals surface area contributed by atoms with Crippen molar-refractivity contribution in [1.29, 1.82) is 5.41 Å². The highest BCUT2D eigenvalue weighted by Crippen LogP contribution is 2.22. The lowest BCUT2D eigenvalue weighted by molar-refractivity contribution is -0.141. The van der Waals surface area contributed by atoms with Crippen LogP contribution in [-0.2, 0) is 14.3 Å². The molecule has 0 aliphatic rings. The first-order valence-electron chi connectivity index (χ1n) is 8.90. The fourth-order valence-corrected chi connectivity index (χ4v) is 2.61. The van der Waals surface area contributed by atoms with Crippen molar-refractivity contribution in [2.24, 2.45) is 5.73 Å². The van der Waals surface area contributed by atoms with Crippen LogP contribution >= 0.6 is 0 Å². The summed E-state index contributed by atoms with van der Waals surface area (Å²) in [4.78, 5) is 24.4. The average Bonchev–Trinajstić information content (AvgIpc) is 2.70. The van der Waals surface area contributed by atoms with E-state index in [-0.39, 0.29) is 24.1 Å². The SMILES string of the molecule is COC(=O)CCN(CCOc1ccc(-c2ccc(C(=N)N)cc2)cc1)C(C)=O. The molecule has 3 N–H and O–H groups in total. The van der Waals surface area contributed by atoms with Crippen LogP contribution in [0.15, 0.2) is 48.5 Å². The second-order valence-electron chi connectivity index (χ2n) is 6.20. The van der Waals surface area contributed by atoms with Gasteiger partial charge in [-0.2, -0.15) is 0 Å². The molecule has 0 saturated heterocycles. The molecule has 2 aromatic rings. The Morgan fingerprint density at radius 1 is 1.00 bits per heavy atom. The van der Waals surface area contributed by atoms with Crippen molar-refractivity contribution in [3.8, 4) is 16.9 Å². The Labute approximate surface area is 164 Å². The lowest BCUT2D eigenvalue weighted by atomic mass is 10.0. The van der Waals surface area contributed by atoms with Gasteiger partial charge in [0.15, 0.2) is 0 Å². The third-order valence-electron chi connectivity index (χ3n) is 4.27. The number of nitrogens with zero attached hydrogens (tertiary/aromatic N) is 1. The minimum Gasteiger partial charge on any atom is -0.492 e. The number of methoxy groups -OCH3 is 1. The standard InChI is InChI=1S/C21H25N3O4/c1-15(25)24(12-11-20(26)27-2)13-14-28-19-9-7-17(8-10-19)16-3-5-18(6-4-16)21(22)23/h3-10H,11-14H2,1-2H3,(H3,22,23). The minimum absolute atomic E-state index is 0.0430. The molecule has 28 heavy (non-hydrogen) atoms. The molecular formula is C21H25N3O4. The number of hydrogen-bond donors (Lipinski definition) is 2. The lowest BCUT2D eigenvalue weighted by Crippen LogP contribution is -2.34. The summed E-state index contributed by atoms with van der Waals surface area (Å²) in [6, 6.07) is 15.1. The van der Waals surface area contributed by atoms with E-state index in [1.165, 1.54) is 14.0 Å². The van der Waals surface area contributed by atoms with Crippen LogP contribution in [0.3, 0.4) is 0 Å². The van der Waals surface area contributed by atoms with Gasteiger partial charge in [-0.3, -0.25) is 15.0 Å². The number of ether oxygens (including phenoxy) is 2. The summed E-state index contributed by atoms with van der Waals surface area (Å²) >= 11 is 0. The highest BCUT2D eigenvalue weighted by molar-refractivity contribution is 5.95. The van der Waals surface area contributed by atoms with Gasteiger partial charge in [0, 0.05) is 19.0 Å². The van der Waals surface area contributed by atoms with E-state index in [1.54, 1.807) is 4.90 Å².